The molecule has 0 saturated carbocycles. The maximum absolute atomic E-state index is 12.8. The third kappa shape index (κ3) is 4.08. The summed E-state index contributed by atoms with van der Waals surface area (Å²) in [6, 6.07) is 14.7. The van der Waals surface area contributed by atoms with E-state index in [0.29, 0.717) is 21.6 Å². The molecule has 2 heterocycles. The molecular weight excluding hydrogens is 412 g/mol. The van der Waals surface area contributed by atoms with Gasteiger partial charge < -0.3 is 4.74 Å². The van der Waals surface area contributed by atoms with Crippen LogP contribution >= 0.6 is 11.3 Å². The minimum absolute atomic E-state index is 0.120. The molecule has 1 amide bonds. The van der Waals surface area contributed by atoms with Crippen LogP contribution in [0.5, 0.6) is 5.75 Å². The Balaban J connectivity index is 1.56. The second-order valence-electron chi connectivity index (χ2n) is 6.64. The van der Waals surface area contributed by atoms with Gasteiger partial charge in [-0.2, -0.15) is 0 Å². The zero-order valence-corrected chi connectivity index (χ0v) is 17.3. The van der Waals surface area contributed by atoms with Gasteiger partial charge in [0, 0.05) is 5.56 Å². The molecule has 0 spiro atoms. The van der Waals surface area contributed by atoms with Gasteiger partial charge in [0.15, 0.2) is 6.10 Å². The van der Waals surface area contributed by atoms with Gasteiger partial charge in [-0.15, -0.1) is 10.2 Å². The van der Waals surface area contributed by atoms with Crippen molar-refractivity contribution in [1.82, 2.24) is 10.2 Å². The number of aryl methyl sites for hydroxylation is 1. The largest absolute Gasteiger partial charge is 0.476 e. The fraction of sp³-hybridized carbons (Fsp3) is 0.211. The third-order valence-electron chi connectivity index (χ3n) is 4.35. The van der Waals surface area contributed by atoms with Crippen LogP contribution in [-0.4, -0.2) is 43.4 Å². The molecule has 0 bridgehead atoms. The summed E-state index contributed by atoms with van der Waals surface area (Å²) in [5, 5.41) is 11.8. The molecule has 0 fully saturated rings. The minimum atomic E-state index is -3.58. The van der Waals surface area contributed by atoms with Crippen LogP contribution in [0, 0.1) is 6.92 Å². The van der Waals surface area contributed by atoms with E-state index >= 15 is 0 Å². The maximum atomic E-state index is 12.8. The average molecular weight is 431 g/mol. The summed E-state index contributed by atoms with van der Waals surface area (Å²) in [6.07, 6.45) is 0.0939. The van der Waals surface area contributed by atoms with E-state index < -0.39 is 22.0 Å². The Morgan fingerprint density at radius 3 is 2.69 bits per heavy atom. The fourth-order valence-electron chi connectivity index (χ4n) is 2.97. The van der Waals surface area contributed by atoms with Crippen LogP contribution in [0.1, 0.15) is 5.56 Å². The number of ether oxygens (including phenoxy) is 1. The lowest BCUT2D eigenvalue weighted by Crippen LogP contribution is -2.48. The molecule has 1 aliphatic rings. The highest BCUT2D eigenvalue weighted by Crippen LogP contribution is 2.36. The van der Waals surface area contributed by atoms with Crippen molar-refractivity contribution in [2.24, 2.45) is 0 Å². The standard InChI is InChI=1S/C19H18N4O4S2/c1-12-8-9-14-15(10-12)27-16(11-23(14)29(2,25)26)17(24)20-19-22-21-18(28-19)13-6-4-3-5-7-13/h3-10,16H,11H2,1-2H3,(H,20,22,24). The molecule has 0 radical (unpaired) electrons. The second-order valence-corrected chi connectivity index (χ2v) is 9.52. The minimum Gasteiger partial charge on any atom is -0.476 e. The van der Waals surface area contributed by atoms with Gasteiger partial charge in [-0.05, 0) is 24.6 Å². The van der Waals surface area contributed by atoms with Gasteiger partial charge in [-0.25, -0.2) is 8.42 Å². The molecular formula is C19H18N4O4S2. The second kappa shape index (κ2) is 7.45. The Morgan fingerprint density at radius 1 is 1.21 bits per heavy atom. The van der Waals surface area contributed by atoms with E-state index in [9.17, 15) is 13.2 Å². The van der Waals surface area contributed by atoms with Gasteiger partial charge in [-0.3, -0.25) is 14.4 Å². The molecule has 4 rings (SSSR count). The Labute approximate surface area is 172 Å². The highest BCUT2D eigenvalue weighted by Gasteiger charge is 2.35. The zero-order chi connectivity index (χ0) is 20.6. The van der Waals surface area contributed by atoms with Crippen LogP contribution in [0.15, 0.2) is 48.5 Å². The number of fused-ring (bicyclic) bond motifs is 1. The SMILES string of the molecule is Cc1ccc2c(c1)OC(C(=O)Nc1nnc(-c3ccccc3)s1)CN2S(C)(=O)=O. The summed E-state index contributed by atoms with van der Waals surface area (Å²) in [6.45, 7) is 1.75. The van der Waals surface area contributed by atoms with Gasteiger partial charge >= 0.3 is 0 Å². The number of hydrogen-bond acceptors (Lipinski definition) is 7. The van der Waals surface area contributed by atoms with Crippen molar-refractivity contribution in [3.8, 4) is 16.3 Å². The first kappa shape index (κ1) is 19.3. The van der Waals surface area contributed by atoms with Crippen molar-refractivity contribution in [3.05, 3.63) is 54.1 Å². The Kier molecular flexibility index (Phi) is 4.97. The summed E-state index contributed by atoms with van der Waals surface area (Å²) in [5.41, 5.74) is 2.21. The quantitative estimate of drug-likeness (QED) is 0.683. The van der Waals surface area contributed by atoms with Gasteiger partial charge in [-0.1, -0.05) is 47.7 Å². The van der Waals surface area contributed by atoms with E-state index in [1.165, 1.54) is 15.6 Å². The van der Waals surface area contributed by atoms with Crippen molar-refractivity contribution in [3.63, 3.8) is 0 Å². The number of benzene rings is 2. The Hall–Kier alpha value is -2.98. The van der Waals surface area contributed by atoms with Crippen molar-refractivity contribution in [1.29, 1.82) is 0 Å². The van der Waals surface area contributed by atoms with E-state index in [4.69, 9.17) is 4.74 Å². The normalized spacial score (nSPS) is 16.1. The molecule has 0 saturated heterocycles. The first-order valence-corrected chi connectivity index (χ1v) is 11.4. The van der Waals surface area contributed by atoms with Crippen LogP contribution in [0.25, 0.3) is 10.6 Å². The molecule has 150 valence electrons. The first-order chi connectivity index (χ1) is 13.8. The predicted molar refractivity (Wildman–Crippen MR) is 112 cm³/mol. The maximum Gasteiger partial charge on any atom is 0.269 e. The number of nitrogens with zero attached hydrogens (tertiary/aromatic N) is 3. The van der Waals surface area contributed by atoms with E-state index in [1.54, 1.807) is 18.2 Å². The van der Waals surface area contributed by atoms with E-state index in [1.807, 2.05) is 37.3 Å². The summed E-state index contributed by atoms with van der Waals surface area (Å²) < 4.78 is 31.5. The van der Waals surface area contributed by atoms with E-state index in [0.717, 1.165) is 17.4 Å². The number of sulfonamides is 1. The van der Waals surface area contributed by atoms with Crippen molar-refractivity contribution in [2.45, 2.75) is 13.0 Å². The average Bonchev–Trinajstić information content (AvgIpc) is 3.15. The molecule has 1 unspecified atom stereocenters. The fourth-order valence-corrected chi connectivity index (χ4v) is 4.64. The third-order valence-corrected chi connectivity index (χ3v) is 6.39. The number of nitrogens with one attached hydrogen (secondary N) is 1. The molecule has 3 aromatic rings. The topological polar surface area (TPSA) is 101 Å². The lowest BCUT2D eigenvalue weighted by Gasteiger charge is -2.33. The van der Waals surface area contributed by atoms with Crippen molar-refractivity contribution >= 4 is 38.1 Å². The highest BCUT2D eigenvalue weighted by atomic mass is 32.2. The summed E-state index contributed by atoms with van der Waals surface area (Å²) in [5.74, 6) is -0.134. The van der Waals surface area contributed by atoms with Crippen LogP contribution in [-0.2, 0) is 14.8 Å². The molecule has 29 heavy (non-hydrogen) atoms. The molecule has 8 nitrogen and oxygen atoms in total. The van der Waals surface area contributed by atoms with E-state index in [2.05, 4.69) is 15.5 Å². The number of aromatic nitrogens is 2. The van der Waals surface area contributed by atoms with Crippen LogP contribution in [0.3, 0.4) is 0 Å². The predicted octanol–water partition coefficient (Wildman–Crippen LogP) is 2.68. The van der Waals surface area contributed by atoms with Crippen molar-refractivity contribution < 1.29 is 17.9 Å². The highest BCUT2D eigenvalue weighted by molar-refractivity contribution is 7.92. The molecule has 0 aliphatic carbocycles. The molecule has 2 aromatic carbocycles. The van der Waals surface area contributed by atoms with Gasteiger partial charge in [0.2, 0.25) is 15.2 Å². The van der Waals surface area contributed by atoms with Crippen molar-refractivity contribution in [2.75, 3.05) is 22.4 Å². The van der Waals surface area contributed by atoms with Crippen LogP contribution in [0.4, 0.5) is 10.8 Å². The Bertz CT molecular complexity index is 1160. The number of carbonyl (C=O) groups excluding carboxylic acids is 1. The lowest BCUT2D eigenvalue weighted by molar-refractivity contribution is -0.122. The smallest absolute Gasteiger partial charge is 0.269 e. The van der Waals surface area contributed by atoms with Gasteiger partial charge in [0.05, 0.1) is 18.5 Å². The molecule has 1 atom stereocenters. The first-order valence-electron chi connectivity index (χ1n) is 8.76. The molecule has 1 N–H and O–H groups in total. The van der Waals surface area contributed by atoms with Crippen LogP contribution in [0.2, 0.25) is 0 Å². The molecule has 1 aromatic heterocycles. The van der Waals surface area contributed by atoms with Gasteiger partial charge in [0.1, 0.15) is 10.8 Å². The molecule has 1 aliphatic heterocycles. The number of amides is 1. The number of anilines is 2. The number of rotatable bonds is 4. The zero-order valence-electron chi connectivity index (χ0n) is 15.7. The van der Waals surface area contributed by atoms with E-state index in [-0.39, 0.29) is 6.54 Å². The summed E-state index contributed by atoms with van der Waals surface area (Å²) in [7, 11) is -3.58. The number of hydrogen-bond donors (Lipinski definition) is 1. The molecule has 10 heteroatoms. The lowest BCUT2D eigenvalue weighted by atomic mass is 10.1. The summed E-state index contributed by atoms with van der Waals surface area (Å²) >= 11 is 1.23. The van der Waals surface area contributed by atoms with Gasteiger partial charge in [0.25, 0.3) is 5.91 Å². The number of carbonyl (C=O) groups is 1. The summed E-state index contributed by atoms with van der Waals surface area (Å²) in [4.78, 5) is 12.8. The monoisotopic (exact) mass is 430 g/mol. The van der Waals surface area contributed by atoms with Crippen LogP contribution < -0.4 is 14.4 Å². The Morgan fingerprint density at radius 2 is 1.97 bits per heavy atom.